The Labute approximate surface area is 80.2 Å². The molecule has 14 heavy (non-hydrogen) atoms. The van der Waals surface area contributed by atoms with Crippen molar-refractivity contribution in [3.05, 3.63) is 37.2 Å². The van der Waals surface area contributed by atoms with Crippen LogP contribution in [0.3, 0.4) is 0 Å². The number of carbonyl (C=O) groups is 1. The zero-order chi connectivity index (χ0) is 9.97. The lowest BCUT2D eigenvalue weighted by molar-refractivity contribution is -0.128. The second-order valence-electron chi connectivity index (χ2n) is 2.68. The van der Waals surface area contributed by atoms with Gasteiger partial charge in [-0.2, -0.15) is 0 Å². The van der Waals surface area contributed by atoms with Gasteiger partial charge in [0.05, 0.1) is 11.8 Å². The molecule has 1 heterocycles. The maximum Gasteiger partial charge on any atom is 0.335 e. The lowest BCUT2D eigenvalue weighted by Gasteiger charge is -2.00. The van der Waals surface area contributed by atoms with Crippen LogP contribution < -0.4 is 4.74 Å². The number of para-hydroxylation sites is 1. The van der Waals surface area contributed by atoms with Gasteiger partial charge in [-0.05, 0) is 12.1 Å². The van der Waals surface area contributed by atoms with Crippen molar-refractivity contribution in [2.75, 3.05) is 0 Å². The fraction of sp³-hybridized carbons (Fsp3) is 0. The van der Waals surface area contributed by atoms with Gasteiger partial charge in [-0.3, -0.25) is 0 Å². The molecule has 0 aliphatic rings. The molecule has 0 aliphatic carbocycles. The van der Waals surface area contributed by atoms with Crippen molar-refractivity contribution >= 4 is 17.0 Å². The average molecular weight is 188 g/mol. The van der Waals surface area contributed by atoms with Gasteiger partial charge in [-0.15, -0.1) is 0 Å². The molecule has 1 aromatic heterocycles. The minimum atomic E-state index is -0.486. The first-order valence-electron chi connectivity index (χ1n) is 4.07. The number of imidazole rings is 1. The van der Waals surface area contributed by atoms with Gasteiger partial charge in [0.1, 0.15) is 5.52 Å². The Morgan fingerprint density at radius 2 is 2.43 bits per heavy atom. The van der Waals surface area contributed by atoms with Crippen molar-refractivity contribution in [3.8, 4) is 5.75 Å². The van der Waals surface area contributed by atoms with Crippen LogP contribution >= 0.6 is 0 Å². The van der Waals surface area contributed by atoms with Crippen LogP contribution in [0.2, 0.25) is 0 Å². The Hall–Kier alpha value is -2.10. The normalized spacial score (nSPS) is 10.0. The molecule has 1 N–H and O–H groups in total. The third-order valence-corrected chi connectivity index (χ3v) is 1.79. The number of rotatable bonds is 2. The highest BCUT2D eigenvalue weighted by atomic mass is 16.5. The number of nitrogens with one attached hydrogen (secondary N) is 1. The lowest BCUT2D eigenvalue weighted by atomic mass is 10.3. The zero-order valence-electron chi connectivity index (χ0n) is 7.36. The smallest absolute Gasteiger partial charge is 0.335 e. The van der Waals surface area contributed by atoms with E-state index in [1.807, 2.05) is 6.07 Å². The summed E-state index contributed by atoms with van der Waals surface area (Å²) in [6.07, 6.45) is 2.67. The molecular formula is C10H8N2O2. The van der Waals surface area contributed by atoms with E-state index >= 15 is 0 Å². The summed E-state index contributed by atoms with van der Waals surface area (Å²) in [5.41, 5.74) is 1.47. The van der Waals surface area contributed by atoms with Gasteiger partial charge < -0.3 is 9.72 Å². The van der Waals surface area contributed by atoms with Crippen molar-refractivity contribution in [3.63, 3.8) is 0 Å². The number of hydrogen-bond acceptors (Lipinski definition) is 3. The highest BCUT2D eigenvalue weighted by molar-refractivity contribution is 5.88. The molecule has 0 aliphatic heterocycles. The Morgan fingerprint density at radius 3 is 3.21 bits per heavy atom. The largest absolute Gasteiger partial charge is 0.421 e. The molecule has 4 nitrogen and oxygen atoms in total. The van der Waals surface area contributed by atoms with E-state index in [9.17, 15) is 4.79 Å². The van der Waals surface area contributed by atoms with Crippen molar-refractivity contribution in [2.24, 2.45) is 0 Å². The van der Waals surface area contributed by atoms with Gasteiger partial charge in [-0.25, -0.2) is 9.78 Å². The summed E-state index contributed by atoms with van der Waals surface area (Å²) in [5, 5.41) is 0. The van der Waals surface area contributed by atoms with Gasteiger partial charge in [0, 0.05) is 6.08 Å². The number of carbonyl (C=O) groups excluding carboxylic acids is 1. The number of nitrogens with zero attached hydrogens (tertiary/aromatic N) is 1. The van der Waals surface area contributed by atoms with E-state index in [1.54, 1.807) is 18.5 Å². The Balaban J connectivity index is 2.46. The number of benzene rings is 1. The first-order valence-corrected chi connectivity index (χ1v) is 4.07. The number of ether oxygens (including phenoxy) is 1. The standard InChI is InChI=1S/C10H8N2O2/c1-2-9(13)14-8-5-3-4-7-10(8)12-6-11-7/h2-6H,1H2,(H,11,12). The predicted octanol–water partition coefficient (Wildman–Crippen LogP) is 1.65. The fourth-order valence-corrected chi connectivity index (χ4v) is 1.17. The Kier molecular flexibility index (Phi) is 2.02. The zero-order valence-corrected chi connectivity index (χ0v) is 7.36. The highest BCUT2D eigenvalue weighted by Gasteiger charge is 2.06. The van der Waals surface area contributed by atoms with Crippen LogP contribution in [-0.2, 0) is 4.79 Å². The second-order valence-corrected chi connectivity index (χ2v) is 2.68. The number of aromatic nitrogens is 2. The third kappa shape index (κ3) is 1.37. The molecule has 2 rings (SSSR count). The summed E-state index contributed by atoms with van der Waals surface area (Å²) >= 11 is 0. The van der Waals surface area contributed by atoms with E-state index in [1.165, 1.54) is 0 Å². The number of esters is 1. The molecule has 0 spiro atoms. The van der Waals surface area contributed by atoms with E-state index < -0.39 is 5.97 Å². The fourth-order valence-electron chi connectivity index (χ4n) is 1.17. The molecule has 0 saturated carbocycles. The van der Waals surface area contributed by atoms with Crippen LogP contribution in [0, 0.1) is 0 Å². The van der Waals surface area contributed by atoms with Crippen molar-refractivity contribution in [1.29, 1.82) is 0 Å². The van der Waals surface area contributed by atoms with Gasteiger partial charge in [-0.1, -0.05) is 12.6 Å². The predicted molar refractivity (Wildman–Crippen MR) is 51.9 cm³/mol. The van der Waals surface area contributed by atoms with Gasteiger partial charge in [0.25, 0.3) is 0 Å². The van der Waals surface area contributed by atoms with Gasteiger partial charge >= 0.3 is 5.97 Å². The van der Waals surface area contributed by atoms with Crippen molar-refractivity contribution in [2.45, 2.75) is 0 Å². The molecule has 1 aromatic carbocycles. The topological polar surface area (TPSA) is 55.0 Å². The highest BCUT2D eigenvalue weighted by Crippen LogP contribution is 2.21. The molecule has 0 saturated heterocycles. The SMILES string of the molecule is C=CC(=O)Oc1cccc2[nH]cnc12. The first kappa shape index (κ1) is 8.50. The van der Waals surface area contributed by atoms with E-state index in [0.29, 0.717) is 11.3 Å². The molecule has 2 aromatic rings. The Bertz CT molecular complexity index is 488. The van der Waals surface area contributed by atoms with Crippen molar-refractivity contribution in [1.82, 2.24) is 9.97 Å². The monoisotopic (exact) mass is 188 g/mol. The van der Waals surface area contributed by atoms with Crippen LogP contribution in [0.15, 0.2) is 37.2 Å². The van der Waals surface area contributed by atoms with E-state index in [4.69, 9.17) is 4.74 Å². The van der Waals surface area contributed by atoms with Crippen LogP contribution in [0.25, 0.3) is 11.0 Å². The third-order valence-electron chi connectivity index (χ3n) is 1.79. The lowest BCUT2D eigenvalue weighted by Crippen LogP contribution is -2.03. The molecule has 70 valence electrons. The van der Waals surface area contributed by atoms with E-state index in [0.717, 1.165) is 11.6 Å². The molecule has 0 unspecified atom stereocenters. The Morgan fingerprint density at radius 1 is 1.57 bits per heavy atom. The number of H-pyrrole nitrogens is 1. The quantitative estimate of drug-likeness (QED) is 0.443. The molecule has 0 atom stereocenters. The molecule has 0 amide bonds. The summed E-state index contributed by atoms with van der Waals surface area (Å²) < 4.78 is 5.00. The van der Waals surface area contributed by atoms with Gasteiger partial charge in [0.2, 0.25) is 0 Å². The number of aromatic amines is 1. The second kappa shape index (κ2) is 3.33. The van der Waals surface area contributed by atoms with E-state index in [-0.39, 0.29) is 0 Å². The summed E-state index contributed by atoms with van der Waals surface area (Å²) in [7, 11) is 0. The number of fused-ring (bicyclic) bond motifs is 1. The summed E-state index contributed by atoms with van der Waals surface area (Å²) in [6, 6.07) is 5.32. The first-order chi connectivity index (χ1) is 6.81. The van der Waals surface area contributed by atoms with Crippen LogP contribution in [0.1, 0.15) is 0 Å². The maximum absolute atomic E-state index is 11.0. The maximum atomic E-state index is 11.0. The van der Waals surface area contributed by atoms with Crippen LogP contribution in [0.5, 0.6) is 5.75 Å². The molecular weight excluding hydrogens is 180 g/mol. The summed E-state index contributed by atoms with van der Waals surface area (Å²) in [5.74, 6) is -0.0471. The summed E-state index contributed by atoms with van der Waals surface area (Å²) in [4.78, 5) is 17.9. The van der Waals surface area contributed by atoms with Gasteiger partial charge in [0.15, 0.2) is 5.75 Å². The van der Waals surface area contributed by atoms with Crippen molar-refractivity contribution < 1.29 is 9.53 Å². The summed E-state index contributed by atoms with van der Waals surface area (Å²) in [6.45, 7) is 3.32. The minimum absolute atomic E-state index is 0.439. The molecule has 4 heteroatoms. The number of hydrogen-bond donors (Lipinski definition) is 1. The van der Waals surface area contributed by atoms with Crippen LogP contribution in [-0.4, -0.2) is 15.9 Å². The van der Waals surface area contributed by atoms with Crippen LogP contribution in [0.4, 0.5) is 0 Å². The molecule has 0 radical (unpaired) electrons. The molecule has 0 fully saturated rings. The molecule has 0 bridgehead atoms. The average Bonchev–Trinajstić information content (AvgIpc) is 2.66. The minimum Gasteiger partial charge on any atom is -0.421 e. The van der Waals surface area contributed by atoms with E-state index in [2.05, 4.69) is 16.5 Å².